The molecule has 1 heterocycles. The summed E-state index contributed by atoms with van der Waals surface area (Å²) < 4.78 is 0. The maximum Gasteiger partial charge on any atom is 0.243 e. The Morgan fingerprint density at radius 2 is 1.62 bits per heavy atom. The maximum atomic E-state index is 12.7. The molecule has 1 aliphatic carbocycles. The first-order valence-electron chi connectivity index (χ1n) is 9.45. The van der Waals surface area contributed by atoms with Crippen molar-refractivity contribution in [3.63, 3.8) is 0 Å². The summed E-state index contributed by atoms with van der Waals surface area (Å²) in [5.74, 6) is 0.0729. The van der Waals surface area contributed by atoms with Gasteiger partial charge in [0.2, 0.25) is 11.8 Å². The van der Waals surface area contributed by atoms with Crippen LogP contribution in [0.15, 0.2) is 54.6 Å². The second kappa shape index (κ2) is 7.32. The number of likely N-dealkylation sites (tertiary alicyclic amines) is 1. The Kier molecular flexibility index (Phi) is 4.74. The van der Waals surface area contributed by atoms with E-state index in [0.717, 1.165) is 36.8 Å². The van der Waals surface area contributed by atoms with Crippen LogP contribution in [-0.2, 0) is 16.0 Å². The molecule has 0 bridgehead atoms. The summed E-state index contributed by atoms with van der Waals surface area (Å²) in [5, 5.41) is 3.04. The summed E-state index contributed by atoms with van der Waals surface area (Å²) in [7, 11) is 0. The van der Waals surface area contributed by atoms with Gasteiger partial charge in [-0.2, -0.15) is 0 Å². The van der Waals surface area contributed by atoms with Gasteiger partial charge in [0, 0.05) is 12.6 Å². The van der Waals surface area contributed by atoms with E-state index in [9.17, 15) is 9.59 Å². The van der Waals surface area contributed by atoms with Crippen LogP contribution in [0.2, 0.25) is 0 Å². The van der Waals surface area contributed by atoms with Crippen molar-refractivity contribution in [2.45, 2.75) is 44.2 Å². The highest BCUT2D eigenvalue weighted by molar-refractivity contribution is 5.89. The van der Waals surface area contributed by atoms with Gasteiger partial charge in [0.15, 0.2) is 0 Å². The zero-order valence-electron chi connectivity index (χ0n) is 14.9. The van der Waals surface area contributed by atoms with E-state index >= 15 is 0 Å². The van der Waals surface area contributed by atoms with Gasteiger partial charge < -0.3 is 10.2 Å². The smallest absolute Gasteiger partial charge is 0.243 e. The molecule has 26 heavy (non-hydrogen) atoms. The Morgan fingerprint density at radius 1 is 0.923 bits per heavy atom. The number of carbonyl (C=O) groups excluding carboxylic acids is 2. The molecule has 0 spiro atoms. The van der Waals surface area contributed by atoms with E-state index in [-0.39, 0.29) is 17.9 Å². The molecule has 0 unspecified atom stereocenters. The van der Waals surface area contributed by atoms with Crippen LogP contribution in [0.1, 0.15) is 31.2 Å². The summed E-state index contributed by atoms with van der Waals surface area (Å²) in [5.41, 5.74) is 3.30. The molecule has 2 aliphatic rings. The van der Waals surface area contributed by atoms with E-state index in [0.29, 0.717) is 19.0 Å². The summed E-state index contributed by atoms with van der Waals surface area (Å²) in [4.78, 5) is 26.9. The predicted molar refractivity (Wildman–Crippen MR) is 101 cm³/mol. The highest BCUT2D eigenvalue weighted by Crippen LogP contribution is 2.24. The molecule has 4 nitrogen and oxygen atoms in total. The predicted octanol–water partition coefficient (Wildman–Crippen LogP) is 3.17. The summed E-state index contributed by atoms with van der Waals surface area (Å²) in [6, 6.07) is 18.4. The van der Waals surface area contributed by atoms with Crippen molar-refractivity contribution in [1.29, 1.82) is 0 Å². The van der Waals surface area contributed by atoms with Gasteiger partial charge in [-0.05, 0) is 42.4 Å². The van der Waals surface area contributed by atoms with Crippen LogP contribution in [0.5, 0.6) is 0 Å². The number of amides is 2. The third-order valence-corrected chi connectivity index (χ3v) is 5.22. The number of hydrogen-bond donors (Lipinski definition) is 1. The molecule has 134 valence electrons. The molecule has 1 N–H and O–H groups in total. The average Bonchev–Trinajstić information content (AvgIpc) is 3.34. The van der Waals surface area contributed by atoms with Crippen LogP contribution >= 0.6 is 0 Å². The third-order valence-electron chi connectivity index (χ3n) is 5.22. The molecule has 0 radical (unpaired) electrons. The van der Waals surface area contributed by atoms with E-state index in [1.165, 1.54) is 5.56 Å². The summed E-state index contributed by atoms with van der Waals surface area (Å²) >= 11 is 0. The Hall–Kier alpha value is -2.62. The van der Waals surface area contributed by atoms with Crippen molar-refractivity contribution in [3.8, 4) is 11.1 Å². The number of carbonyl (C=O) groups is 2. The number of rotatable bonds is 5. The second-order valence-corrected chi connectivity index (χ2v) is 7.27. The zero-order chi connectivity index (χ0) is 17.9. The standard InChI is InChI=1S/C22H24N2O2/c25-21(24-14-4-7-20(24)22(26)23-19-12-13-19)15-16-8-10-18(11-9-16)17-5-2-1-3-6-17/h1-3,5-6,8-11,19-20H,4,7,12-15H2,(H,23,26)/t20-/m0/s1. The van der Waals surface area contributed by atoms with E-state index < -0.39 is 0 Å². The zero-order valence-corrected chi connectivity index (χ0v) is 14.9. The Bertz CT molecular complexity index is 782. The summed E-state index contributed by atoms with van der Waals surface area (Å²) in [6.45, 7) is 0.684. The lowest BCUT2D eigenvalue weighted by molar-refractivity contribution is -0.138. The van der Waals surface area contributed by atoms with Gasteiger partial charge in [0.1, 0.15) is 6.04 Å². The van der Waals surface area contributed by atoms with E-state index in [4.69, 9.17) is 0 Å². The van der Waals surface area contributed by atoms with Gasteiger partial charge in [-0.25, -0.2) is 0 Å². The molecule has 0 aromatic heterocycles. The SMILES string of the molecule is O=C(NC1CC1)[C@@H]1CCCN1C(=O)Cc1ccc(-c2ccccc2)cc1. The molecular formula is C22H24N2O2. The molecule has 2 amide bonds. The number of nitrogens with one attached hydrogen (secondary N) is 1. The van der Waals surface area contributed by atoms with Crippen molar-refractivity contribution >= 4 is 11.8 Å². The topological polar surface area (TPSA) is 49.4 Å². The fourth-order valence-corrected chi connectivity index (χ4v) is 3.58. The van der Waals surface area contributed by atoms with Crippen molar-refractivity contribution in [2.24, 2.45) is 0 Å². The first kappa shape index (κ1) is 16.8. The Morgan fingerprint density at radius 3 is 2.31 bits per heavy atom. The largest absolute Gasteiger partial charge is 0.352 e. The van der Waals surface area contributed by atoms with Gasteiger partial charge in [-0.15, -0.1) is 0 Å². The van der Waals surface area contributed by atoms with Gasteiger partial charge >= 0.3 is 0 Å². The number of nitrogens with zero attached hydrogens (tertiary/aromatic N) is 1. The minimum Gasteiger partial charge on any atom is -0.352 e. The first-order valence-corrected chi connectivity index (χ1v) is 9.45. The molecule has 1 saturated heterocycles. The number of hydrogen-bond acceptors (Lipinski definition) is 2. The minimum absolute atomic E-state index is 0.0257. The van der Waals surface area contributed by atoms with Crippen LogP contribution in [-0.4, -0.2) is 35.3 Å². The molecule has 1 aliphatic heterocycles. The van der Waals surface area contributed by atoms with Crippen molar-refractivity contribution in [3.05, 3.63) is 60.2 Å². The minimum atomic E-state index is -0.285. The normalized spacial score (nSPS) is 19.4. The second-order valence-electron chi connectivity index (χ2n) is 7.27. The van der Waals surface area contributed by atoms with Gasteiger partial charge in [0.25, 0.3) is 0 Å². The van der Waals surface area contributed by atoms with E-state index in [1.807, 2.05) is 30.3 Å². The highest BCUT2D eigenvalue weighted by Gasteiger charge is 2.36. The molecule has 1 atom stereocenters. The molecule has 2 fully saturated rings. The number of benzene rings is 2. The maximum absolute atomic E-state index is 12.7. The third kappa shape index (κ3) is 3.79. The van der Waals surface area contributed by atoms with E-state index in [1.54, 1.807) is 4.90 Å². The van der Waals surface area contributed by atoms with E-state index in [2.05, 4.69) is 29.6 Å². The summed E-state index contributed by atoms with van der Waals surface area (Å²) in [6.07, 6.45) is 4.17. The molecule has 1 saturated carbocycles. The van der Waals surface area contributed by atoms with Gasteiger partial charge in [-0.1, -0.05) is 54.6 Å². The molecular weight excluding hydrogens is 324 g/mol. The van der Waals surface area contributed by atoms with Crippen LogP contribution in [0.25, 0.3) is 11.1 Å². The first-order chi connectivity index (χ1) is 12.7. The van der Waals surface area contributed by atoms with Crippen LogP contribution in [0.3, 0.4) is 0 Å². The molecule has 4 rings (SSSR count). The fourth-order valence-electron chi connectivity index (χ4n) is 3.58. The Balaban J connectivity index is 1.40. The molecule has 2 aromatic rings. The van der Waals surface area contributed by atoms with Crippen LogP contribution in [0, 0.1) is 0 Å². The van der Waals surface area contributed by atoms with Crippen LogP contribution in [0.4, 0.5) is 0 Å². The van der Waals surface area contributed by atoms with Crippen molar-refractivity contribution < 1.29 is 9.59 Å². The lowest BCUT2D eigenvalue weighted by Crippen LogP contribution is -2.47. The quantitative estimate of drug-likeness (QED) is 0.902. The molecule has 2 aromatic carbocycles. The average molecular weight is 348 g/mol. The van der Waals surface area contributed by atoms with Crippen LogP contribution < -0.4 is 5.32 Å². The highest BCUT2D eigenvalue weighted by atomic mass is 16.2. The lowest BCUT2D eigenvalue weighted by atomic mass is 10.0. The lowest BCUT2D eigenvalue weighted by Gasteiger charge is -2.24. The van der Waals surface area contributed by atoms with Gasteiger partial charge in [-0.3, -0.25) is 9.59 Å². The monoisotopic (exact) mass is 348 g/mol. The molecule has 4 heteroatoms. The fraction of sp³-hybridized carbons (Fsp3) is 0.364. The van der Waals surface area contributed by atoms with Crippen molar-refractivity contribution in [1.82, 2.24) is 10.2 Å². The van der Waals surface area contributed by atoms with Crippen molar-refractivity contribution in [2.75, 3.05) is 6.54 Å². The Labute approximate surface area is 154 Å². The van der Waals surface area contributed by atoms with Gasteiger partial charge in [0.05, 0.1) is 6.42 Å².